The highest BCUT2D eigenvalue weighted by Gasteiger charge is 2.36. The number of carbonyl (C=O) groups is 4. The zero-order valence-electron chi connectivity index (χ0n) is 25.6. The van der Waals surface area contributed by atoms with Crippen LogP contribution in [0.4, 0.5) is 4.79 Å². The first kappa shape index (κ1) is 31.0. The lowest BCUT2D eigenvalue weighted by Crippen LogP contribution is -2.47. The lowest BCUT2D eigenvalue weighted by Gasteiger charge is -2.34. The van der Waals surface area contributed by atoms with Gasteiger partial charge in [-0.05, 0) is 75.4 Å². The van der Waals surface area contributed by atoms with E-state index in [0.717, 1.165) is 22.6 Å². The Balaban J connectivity index is 1.13. The molecule has 0 aliphatic carbocycles. The molecule has 4 amide bonds. The molecule has 234 valence electrons. The van der Waals surface area contributed by atoms with Crippen LogP contribution in [-0.4, -0.2) is 89.1 Å². The Kier molecular flexibility index (Phi) is 9.19. The standard InChI is InChI=1S/C32H39N5O7/c1-21(38)33-30(34-24-12-15-35(16-13-24)31(41)44-32(2,3)4)36-14-11-22-19-25(10-9-23(22)20-36)42-17-18-43-37-28(39)26-7-5-6-8-27(26)29(37)40/h5-10,19,24H,11-18,20H2,1-4H3,(H,33,34,38). The highest BCUT2D eigenvalue weighted by molar-refractivity contribution is 6.20. The lowest BCUT2D eigenvalue weighted by atomic mass is 9.99. The number of hydrogen-bond acceptors (Lipinski definition) is 8. The van der Waals surface area contributed by atoms with E-state index >= 15 is 0 Å². The van der Waals surface area contributed by atoms with Gasteiger partial charge >= 0.3 is 6.09 Å². The molecule has 2 aromatic carbocycles. The minimum Gasteiger partial charge on any atom is -0.491 e. The Labute approximate surface area is 256 Å². The first-order valence-corrected chi connectivity index (χ1v) is 14.9. The second kappa shape index (κ2) is 13.0. The van der Waals surface area contributed by atoms with Gasteiger partial charge in [0.15, 0.2) is 0 Å². The molecule has 1 N–H and O–H groups in total. The van der Waals surface area contributed by atoms with Gasteiger partial charge in [-0.3, -0.25) is 24.5 Å². The van der Waals surface area contributed by atoms with Gasteiger partial charge in [-0.2, -0.15) is 0 Å². The van der Waals surface area contributed by atoms with Gasteiger partial charge in [0.1, 0.15) is 24.6 Å². The Morgan fingerprint density at radius 2 is 1.61 bits per heavy atom. The summed E-state index contributed by atoms with van der Waals surface area (Å²) in [4.78, 5) is 63.5. The molecule has 3 heterocycles. The van der Waals surface area contributed by atoms with E-state index in [-0.39, 0.29) is 31.3 Å². The molecule has 0 atom stereocenters. The molecular formula is C32H39N5O7. The van der Waals surface area contributed by atoms with Crippen molar-refractivity contribution >= 4 is 29.8 Å². The number of hydrogen-bond donors (Lipinski definition) is 1. The Hall–Kier alpha value is -4.45. The summed E-state index contributed by atoms with van der Waals surface area (Å²) in [6.45, 7) is 9.55. The first-order valence-electron chi connectivity index (χ1n) is 14.9. The van der Waals surface area contributed by atoms with Crippen molar-refractivity contribution in [1.82, 2.24) is 20.2 Å². The number of fused-ring (bicyclic) bond motifs is 2. The number of hydroxylamine groups is 2. The summed E-state index contributed by atoms with van der Waals surface area (Å²) in [6.07, 6.45) is 1.79. The van der Waals surface area contributed by atoms with E-state index in [4.69, 9.17) is 19.3 Å². The molecule has 12 heteroatoms. The third kappa shape index (κ3) is 7.36. The van der Waals surface area contributed by atoms with Crippen molar-refractivity contribution in [3.05, 3.63) is 64.7 Å². The number of nitrogens with zero attached hydrogens (tertiary/aromatic N) is 4. The lowest BCUT2D eigenvalue weighted by molar-refractivity contribution is -0.117. The normalized spacial score (nSPS) is 17.4. The largest absolute Gasteiger partial charge is 0.491 e. The second-order valence-electron chi connectivity index (χ2n) is 12.1. The summed E-state index contributed by atoms with van der Waals surface area (Å²) in [7, 11) is 0. The van der Waals surface area contributed by atoms with Gasteiger partial charge in [-0.1, -0.05) is 18.2 Å². The van der Waals surface area contributed by atoms with E-state index in [1.54, 1.807) is 29.2 Å². The minimum absolute atomic E-state index is 0.0183. The SMILES string of the molecule is CC(=O)NC(=NC1CCN(C(=O)OC(C)(C)C)CC1)N1CCc2cc(OCCON3C(=O)c4ccccc4C3=O)ccc2C1. The van der Waals surface area contributed by atoms with Gasteiger partial charge < -0.3 is 19.3 Å². The fraction of sp³-hybridized carbons (Fsp3) is 0.469. The predicted molar refractivity (Wildman–Crippen MR) is 161 cm³/mol. The summed E-state index contributed by atoms with van der Waals surface area (Å²) >= 11 is 0. The van der Waals surface area contributed by atoms with Crippen LogP contribution in [0.5, 0.6) is 5.75 Å². The zero-order valence-corrected chi connectivity index (χ0v) is 25.6. The molecule has 5 rings (SSSR count). The molecule has 44 heavy (non-hydrogen) atoms. The predicted octanol–water partition coefficient (Wildman–Crippen LogP) is 3.54. The molecule has 0 saturated carbocycles. The third-order valence-electron chi connectivity index (χ3n) is 7.53. The molecule has 0 unspecified atom stereocenters. The smallest absolute Gasteiger partial charge is 0.410 e. The molecule has 0 bridgehead atoms. The van der Waals surface area contributed by atoms with Crippen LogP contribution in [0.1, 0.15) is 72.4 Å². The molecule has 3 aliphatic rings. The van der Waals surface area contributed by atoms with E-state index < -0.39 is 17.4 Å². The van der Waals surface area contributed by atoms with E-state index in [1.165, 1.54) is 6.92 Å². The number of likely N-dealkylation sites (tertiary alicyclic amines) is 1. The van der Waals surface area contributed by atoms with Gasteiger partial charge in [0, 0.05) is 33.1 Å². The minimum atomic E-state index is -0.541. The van der Waals surface area contributed by atoms with Crippen LogP contribution < -0.4 is 10.1 Å². The summed E-state index contributed by atoms with van der Waals surface area (Å²) in [6, 6.07) is 12.4. The van der Waals surface area contributed by atoms with E-state index in [0.29, 0.717) is 61.9 Å². The van der Waals surface area contributed by atoms with Crippen molar-refractivity contribution in [2.75, 3.05) is 32.8 Å². The number of nitrogens with one attached hydrogen (secondary N) is 1. The molecule has 2 aromatic rings. The topological polar surface area (TPSA) is 130 Å². The van der Waals surface area contributed by atoms with E-state index in [1.807, 2.05) is 39.0 Å². The number of amides is 4. The van der Waals surface area contributed by atoms with Crippen molar-refractivity contribution in [3.63, 3.8) is 0 Å². The molecule has 12 nitrogen and oxygen atoms in total. The number of rotatable bonds is 6. The van der Waals surface area contributed by atoms with Crippen LogP contribution in [0, 0.1) is 0 Å². The molecular weight excluding hydrogens is 566 g/mol. The van der Waals surface area contributed by atoms with Crippen molar-refractivity contribution in [3.8, 4) is 5.75 Å². The number of benzene rings is 2. The number of aliphatic imine (C=N–C) groups is 1. The van der Waals surface area contributed by atoms with Gasteiger partial charge in [0.25, 0.3) is 11.8 Å². The molecule has 0 spiro atoms. The van der Waals surface area contributed by atoms with Gasteiger partial charge in [-0.15, -0.1) is 5.06 Å². The second-order valence-corrected chi connectivity index (χ2v) is 12.1. The number of imide groups is 1. The Bertz CT molecular complexity index is 1420. The van der Waals surface area contributed by atoms with Crippen LogP contribution in [0.2, 0.25) is 0 Å². The van der Waals surface area contributed by atoms with Crippen molar-refractivity contribution in [1.29, 1.82) is 0 Å². The summed E-state index contributed by atoms with van der Waals surface area (Å²) in [5.41, 5.74) is 2.35. The van der Waals surface area contributed by atoms with Crippen LogP contribution in [0.15, 0.2) is 47.5 Å². The monoisotopic (exact) mass is 605 g/mol. The Morgan fingerprint density at radius 3 is 2.25 bits per heavy atom. The maximum absolute atomic E-state index is 12.4. The number of guanidine groups is 1. The number of piperidine rings is 1. The molecule has 1 fully saturated rings. The van der Waals surface area contributed by atoms with E-state index in [9.17, 15) is 19.2 Å². The molecule has 0 radical (unpaired) electrons. The average Bonchev–Trinajstić information content (AvgIpc) is 3.22. The average molecular weight is 606 g/mol. The fourth-order valence-electron chi connectivity index (χ4n) is 5.40. The van der Waals surface area contributed by atoms with Crippen LogP contribution in [0.3, 0.4) is 0 Å². The summed E-state index contributed by atoms with van der Waals surface area (Å²) in [5, 5.41) is 3.70. The van der Waals surface area contributed by atoms with Gasteiger partial charge in [0.05, 0.1) is 17.2 Å². The van der Waals surface area contributed by atoms with Gasteiger partial charge in [0.2, 0.25) is 11.9 Å². The van der Waals surface area contributed by atoms with Crippen molar-refractivity contribution in [2.24, 2.45) is 4.99 Å². The third-order valence-corrected chi connectivity index (χ3v) is 7.53. The quantitative estimate of drug-likeness (QED) is 0.229. The molecule has 0 aromatic heterocycles. The van der Waals surface area contributed by atoms with Gasteiger partial charge in [-0.25, -0.2) is 9.79 Å². The molecule has 3 aliphatic heterocycles. The molecule has 1 saturated heterocycles. The number of ether oxygens (including phenoxy) is 2. The van der Waals surface area contributed by atoms with Crippen LogP contribution in [-0.2, 0) is 27.3 Å². The summed E-state index contributed by atoms with van der Waals surface area (Å²) in [5.74, 6) is 0.0720. The van der Waals surface area contributed by atoms with Crippen molar-refractivity contribution < 1.29 is 33.5 Å². The highest BCUT2D eigenvalue weighted by atomic mass is 16.7. The summed E-state index contributed by atoms with van der Waals surface area (Å²) < 4.78 is 11.3. The maximum atomic E-state index is 12.4. The fourth-order valence-corrected chi connectivity index (χ4v) is 5.40. The Morgan fingerprint density at radius 1 is 0.932 bits per heavy atom. The maximum Gasteiger partial charge on any atom is 0.410 e. The van der Waals surface area contributed by atoms with Crippen LogP contribution in [0.25, 0.3) is 0 Å². The van der Waals surface area contributed by atoms with Crippen LogP contribution >= 0.6 is 0 Å². The number of carbonyl (C=O) groups excluding carboxylic acids is 4. The zero-order chi connectivity index (χ0) is 31.4. The highest BCUT2D eigenvalue weighted by Crippen LogP contribution is 2.26. The van der Waals surface area contributed by atoms with E-state index in [2.05, 4.69) is 10.2 Å². The van der Waals surface area contributed by atoms with Crippen molar-refractivity contribution in [2.45, 2.75) is 65.1 Å². The first-order chi connectivity index (χ1) is 21.0.